The largest absolute Gasteiger partial charge is 0.462 e. The molecule has 0 unspecified atom stereocenters. The molecule has 2 heterocycles. The Bertz CT molecular complexity index is 867. The number of hydrogen-bond donors (Lipinski definition) is 2. The first-order valence-corrected chi connectivity index (χ1v) is 9.89. The molecule has 1 fully saturated rings. The molecule has 0 saturated heterocycles. The lowest BCUT2D eigenvalue weighted by Crippen LogP contribution is -2.12. The number of esters is 1. The molecule has 1 aliphatic carbocycles. The Kier molecular flexibility index (Phi) is 5.38. The summed E-state index contributed by atoms with van der Waals surface area (Å²) in [5.74, 6) is -0.647. The molecule has 2 N–H and O–H groups in total. The zero-order chi connectivity index (χ0) is 18.8. The van der Waals surface area contributed by atoms with E-state index in [0.717, 1.165) is 29.7 Å². The minimum atomic E-state index is -0.444. The molecule has 2 aromatic rings. The summed E-state index contributed by atoms with van der Waals surface area (Å²) in [5.41, 5.74) is 1.29. The molecule has 26 heavy (non-hydrogen) atoms. The zero-order valence-electron chi connectivity index (χ0n) is 14.7. The van der Waals surface area contributed by atoms with Gasteiger partial charge in [0, 0.05) is 5.92 Å². The third-order valence-corrected chi connectivity index (χ3v) is 6.00. The quantitative estimate of drug-likeness (QED) is 0.731. The number of aryl methyl sites for hydroxylation is 2. The summed E-state index contributed by atoms with van der Waals surface area (Å²) in [7, 11) is 0. The van der Waals surface area contributed by atoms with Crippen LogP contribution in [-0.2, 0) is 9.53 Å². The minimum absolute atomic E-state index is 0.00725. The van der Waals surface area contributed by atoms with E-state index in [2.05, 4.69) is 15.6 Å². The van der Waals surface area contributed by atoms with Crippen LogP contribution in [0.5, 0.6) is 0 Å². The number of ether oxygens (including phenoxy) is 1. The molecule has 2 amide bonds. The fourth-order valence-corrected chi connectivity index (χ4v) is 4.15. The Hall–Kier alpha value is -2.26. The topological polar surface area (TPSA) is 97.4 Å². The highest BCUT2D eigenvalue weighted by Crippen LogP contribution is 2.33. The fourth-order valence-electron chi connectivity index (χ4n) is 2.33. The van der Waals surface area contributed by atoms with Crippen LogP contribution >= 0.6 is 22.7 Å². The summed E-state index contributed by atoms with van der Waals surface area (Å²) >= 11 is 2.31. The van der Waals surface area contributed by atoms with Gasteiger partial charge in [0.1, 0.15) is 4.88 Å². The lowest BCUT2D eigenvalue weighted by molar-refractivity contribution is -0.117. The number of carbonyl (C=O) groups excluding carboxylic acids is 3. The van der Waals surface area contributed by atoms with E-state index in [4.69, 9.17) is 4.74 Å². The molecule has 0 bridgehead atoms. The van der Waals surface area contributed by atoms with Gasteiger partial charge < -0.3 is 10.1 Å². The van der Waals surface area contributed by atoms with Gasteiger partial charge in [0.05, 0.1) is 22.2 Å². The average Bonchev–Trinajstić information content (AvgIpc) is 3.28. The first-order valence-electron chi connectivity index (χ1n) is 8.26. The number of thiophene rings is 1. The van der Waals surface area contributed by atoms with Crippen molar-refractivity contribution >= 4 is 50.6 Å². The van der Waals surface area contributed by atoms with Crippen LogP contribution in [0.4, 0.5) is 10.1 Å². The van der Waals surface area contributed by atoms with Gasteiger partial charge in [-0.1, -0.05) is 11.3 Å². The van der Waals surface area contributed by atoms with E-state index in [1.54, 1.807) is 19.9 Å². The van der Waals surface area contributed by atoms with E-state index in [-0.39, 0.29) is 24.3 Å². The molecule has 1 saturated carbocycles. The zero-order valence-corrected chi connectivity index (χ0v) is 16.3. The second-order valence-electron chi connectivity index (χ2n) is 5.99. The van der Waals surface area contributed by atoms with E-state index in [1.165, 1.54) is 11.3 Å². The second kappa shape index (κ2) is 7.55. The van der Waals surface area contributed by atoms with Gasteiger partial charge in [-0.2, -0.15) is 0 Å². The van der Waals surface area contributed by atoms with Crippen LogP contribution < -0.4 is 10.6 Å². The Morgan fingerprint density at radius 2 is 1.92 bits per heavy atom. The number of carbonyl (C=O) groups is 3. The molecule has 138 valence electrons. The molecule has 0 spiro atoms. The van der Waals surface area contributed by atoms with Gasteiger partial charge in [-0.15, -0.1) is 11.3 Å². The van der Waals surface area contributed by atoms with E-state index in [9.17, 15) is 14.4 Å². The molecule has 0 aliphatic heterocycles. The first-order chi connectivity index (χ1) is 12.4. The Morgan fingerprint density at radius 1 is 1.19 bits per heavy atom. The van der Waals surface area contributed by atoms with Crippen LogP contribution in [0.3, 0.4) is 0 Å². The number of amides is 2. The first kappa shape index (κ1) is 18.5. The van der Waals surface area contributed by atoms with Crippen molar-refractivity contribution in [3.63, 3.8) is 0 Å². The van der Waals surface area contributed by atoms with Crippen molar-refractivity contribution in [3.8, 4) is 0 Å². The number of nitrogens with one attached hydrogen (secondary N) is 2. The van der Waals surface area contributed by atoms with Crippen LogP contribution in [0, 0.1) is 19.8 Å². The summed E-state index contributed by atoms with van der Waals surface area (Å²) in [5, 5.41) is 6.57. The maximum Gasteiger partial charge on any atom is 0.350 e. The normalized spacial score (nSPS) is 13.3. The van der Waals surface area contributed by atoms with Crippen molar-refractivity contribution in [2.24, 2.45) is 5.92 Å². The summed E-state index contributed by atoms with van der Waals surface area (Å²) in [6.07, 6.45) is 1.85. The van der Waals surface area contributed by atoms with Crippen molar-refractivity contribution in [2.45, 2.75) is 33.6 Å². The number of rotatable bonds is 6. The van der Waals surface area contributed by atoms with Gasteiger partial charge in [0.15, 0.2) is 5.13 Å². The third-order valence-electron chi connectivity index (χ3n) is 3.80. The number of nitrogens with zero attached hydrogens (tertiary/aromatic N) is 1. The molecule has 0 aromatic carbocycles. The van der Waals surface area contributed by atoms with E-state index >= 15 is 0 Å². The summed E-state index contributed by atoms with van der Waals surface area (Å²) in [4.78, 5) is 41.3. The maximum absolute atomic E-state index is 12.5. The molecular formula is C17H19N3O4S2. The smallest absolute Gasteiger partial charge is 0.350 e. The van der Waals surface area contributed by atoms with Crippen molar-refractivity contribution < 1.29 is 19.1 Å². The Morgan fingerprint density at radius 3 is 2.58 bits per heavy atom. The molecule has 1 aliphatic rings. The van der Waals surface area contributed by atoms with Gasteiger partial charge in [-0.05, 0) is 45.2 Å². The van der Waals surface area contributed by atoms with Crippen LogP contribution in [-0.4, -0.2) is 29.4 Å². The van der Waals surface area contributed by atoms with Gasteiger partial charge in [0.25, 0.3) is 5.91 Å². The Balaban J connectivity index is 1.70. The highest BCUT2D eigenvalue weighted by atomic mass is 32.1. The van der Waals surface area contributed by atoms with Crippen LogP contribution in [0.25, 0.3) is 0 Å². The summed E-state index contributed by atoms with van der Waals surface area (Å²) < 4.78 is 4.98. The monoisotopic (exact) mass is 393 g/mol. The second-order valence-corrected chi connectivity index (χ2v) is 8.05. The lowest BCUT2D eigenvalue weighted by Gasteiger charge is -2.00. The van der Waals surface area contributed by atoms with E-state index in [1.807, 2.05) is 6.92 Å². The fraction of sp³-hybridized carbons (Fsp3) is 0.412. The van der Waals surface area contributed by atoms with Crippen LogP contribution in [0.2, 0.25) is 0 Å². The third kappa shape index (κ3) is 4.10. The standard InChI is InChI=1S/C17H19N3O4S2/c1-4-24-16(23)13-9(3)18-17(26-13)20-15(22)12-8(2)7-11(25-12)19-14(21)10-5-6-10/h7,10H,4-6H2,1-3H3,(H,19,21)(H,18,20,22). The SMILES string of the molecule is CCOC(=O)c1sc(NC(=O)c2sc(NC(=O)C3CC3)cc2C)nc1C. The van der Waals surface area contributed by atoms with Crippen LogP contribution in [0.1, 0.15) is 50.4 Å². The van der Waals surface area contributed by atoms with Crippen LogP contribution in [0.15, 0.2) is 6.07 Å². The predicted octanol–water partition coefficient (Wildman–Crippen LogP) is 3.60. The van der Waals surface area contributed by atoms with Gasteiger partial charge in [0.2, 0.25) is 5.91 Å². The maximum atomic E-state index is 12.5. The molecule has 0 radical (unpaired) electrons. The number of aromatic nitrogens is 1. The number of anilines is 2. The summed E-state index contributed by atoms with van der Waals surface area (Å²) in [6, 6.07) is 1.79. The molecule has 3 rings (SSSR count). The van der Waals surface area contributed by atoms with Crippen molar-refractivity contribution in [1.29, 1.82) is 0 Å². The Labute approximate surface area is 158 Å². The highest BCUT2D eigenvalue weighted by Gasteiger charge is 2.30. The summed E-state index contributed by atoms with van der Waals surface area (Å²) in [6.45, 7) is 5.52. The molecule has 9 heteroatoms. The van der Waals surface area contributed by atoms with Crippen molar-refractivity contribution in [2.75, 3.05) is 17.2 Å². The van der Waals surface area contributed by atoms with E-state index < -0.39 is 5.97 Å². The molecule has 2 aromatic heterocycles. The minimum Gasteiger partial charge on any atom is -0.462 e. The number of thiazole rings is 1. The predicted molar refractivity (Wildman–Crippen MR) is 101 cm³/mol. The van der Waals surface area contributed by atoms with E-state index in [0.29, 0.717) is 25.6 Å². The molecule has 7 nitrogen and oxygen atoms in total. The highest BCUT2D eigenvalue weighted by molar-refractivity contribution is 7.19. The van der Waals surface area contributed by atoms with Gasteiger partial charge in [-0.3, -0.25) is 14.9 Å². The average molecular weight is 393 g/mol. The molecule has 0 atom stereocenters. The van der Waals surface area contributed by atoms with Gasteiger partial charge in [-0.25, -0.2) is 9.78 Å². The van der Waals surface area contributed by atoms with Gasteiger partial charge >= 0.3 is 5.97 Å². The van der Waals surface area contributed by atoms with Crippen molar-refractivity contribution in [1.82, 2.24) is 4.98 Å². The molecular weight excluding hydrogens is 374 g/mol. The van der Waals surface area contributed by atoms with Crippen molar-refractivity contribution in [3.05, 3.63) is 27.1 Å². The lowest BCUT2D eigenvalue weighted by atomic mass is 10.3. The number of hydrogen-bond acceptors (Lipinski definition) is 7.